The van der Waals surface area contributed by atoms with Crippen LogP contribution < -0.4 is 11.1 Å². The van der Waals surface area contributed by atoms with Crippen LogP contribution in [0.1, 0.15) is 72.4 Å². The molecule has 34 heavy (non-hydrogen) atoms. The third-order valence-electron chi connectivity index (χ3n) is 7.03. The Morgan fingerprint density at radius 3 is 2.68 bits per heavy atom. The van der Waals surface area contributed by atoms with Crippen molar-refractivity contribution in [2.45, 2.75) is 64.5 Å². The van der Waals surface area contributed by atoms with Crippen LogP contribution in [0.25, 0.3) is 16.7 Å². The Labute approximate surface area is 197 Å². The number of pyridine rings is 1. The lowest BCUT2D eigenvalue weighted by molar-refractivity contribution is 0.0911. The summed E-state index contributed by atoms with van der Waals surface area (Å²) < 4.78 is 17.2. The van der Waals surface area contributed by atoms with Crippen LogP contribution in [0.15, 0.2) is 30.5 Å². The van der Waals surface area contributed by atoms with Crippen molar-refractivity contribution in [1.82, 2.24) is 9.55 Å². The fourth-order valence-corrected chi connectivity index (χ4v) is 5.49. The number of halogens is 1. The third-order valence-corrected chi connectivity index (χ3v) is 7.03. The number of fused-ring (bicyclic) bond motifs is 3. The van der Waals surface area contributed by atoms with Crippen molar-refractivity contribution in [1.29, 1.82) is 0 Å². The zero-order valence-corrected chi connectivity index (χ0v) is 19.4. The molecule has 8 heteroatoms. The lowest BCUT2D eigenvalue weighted by Gasteiger charge is -2.30. The van der Waals surface area contributed by atoms with Crippen LogP contribution in [0.2, 0.25) is 0 Å². The molecule has 1 saturated carbocycles. The second-order valence-corrected chi connectivity index (χ2v) is 10.3. The van der Waals surface area contributed by atoms with Crippen molar-refractivity contribution in [3.8, 4) is 5.69 Å². The maximum atomic E-state index is 15.3. The Bertz CT molecular complexity index is 1310. The first-order valence-corrected chi connectivity index (χ1v) is 11.7. The number of ketones is 1. The van der Waals surface area contributed by atoms with Crippen LogP contribution in [-0.2, 0) is 6.42 Å². The number of anilines is 1. The van der Waals surface area contributed by atoms with E-state index in [4.69, 9.17) is 5.73 Å². The van der Waals surface area contributed by atoms with Gasteiger partial charge in [0.25, 0.3) is 5.91 Å². The summed E-state index contributed by atoms with van der Waals surface area (Å²) in [5, 5.41) is 13.9. The highest BCUT2D eigenvalue weighted by Gasteiger charge is 2.36. The Morgan fingerprint density at radius 2 is 1.97 bits per heavy atom. The molecule has 0 aliphatic heterocycles. The molecule has 1 fully saturated rings. The Morgan fingerprint density at radius 1 is 1.24 bits per heavy atom. The molecule has 2 aliphatic carbocycles. The smallest absolute Gasteiger partial charge is 0.253 e. The van der Waals surface area contributed by atoms with Gasteiger partial charge in [-0.1, -0.05) is 13.8 Å². The molecule has 1 aromatic carbocycles. The van der Waals surface area contributed by atoms with Gasteiger partial charge in [0.2, 0.25) is 0 Å². The number of Topliss-reactive ketones (excluding diaryl/α,β-unsaturated/α-hetero) is 1. The number of primary amides is 1. The van der Waals surface area contributed by atoms with Crippen LogP contribution in [0.5, 0.6) is 0 Å². The van der Waals surface area contributed by atoms with Gasteiger partial charge in [-0.25, -0.2) is 9.37 Å². The van der Waals surface area contributed by atoms with Crippen molar-refractivity contribution in [2.24, 2.45) is 11.1 Å². The molecule has 1 amide bonds. The minimum Gasteiger partial charge on any atom is -0.393 e. The summed E-state index contributed by atoms with van der Waals surface area (Å²) in [5.41, 5.74) is 7.92. The summed E-state index contributed by atoms with van der Waals surface area (Å²) in [6.45, 7) is 4.09. The maximum absolute atomic E-state index is 15.3. The predicted molar refractivity (Wildman–Crippen MR) is 128 cm³/mol. The number of aliphatic hydroxyl groups excluding tert-OH is 1. The maximum Gasteiger partial charge on any atom is 0.253 e. The van der Waals surface area contributed by atoms with Crippen molar-refractivity contribution >= 4 is 28.4 Å². The largest absolute Gasteiger partial charge is 0.393 e. The number of aliphatic hydroxyl groups is 1. The first-order valence-electron chi connectivity index (χ1n) is 11.7. The van der Waals surface area contributed by atoms with Crippen LogP contribution in [0.4, 0.5) is 10.1 Å². The molecular formula is C26H29FN4O3. The fourth-order valence-electron chi connectivity index (χ4n) is 5.49. The lowest BCUT2D eigenvalue weighted by atomic mass is 9.75. The third kappa shape index (κ3) is 3.86. The van der Waals surface area contributed by atoms with Gasteiger partial charge >= 0.3 is 0 Å². The van der Waals surface area contributed by atoms with Gasteiger partial charge in [0.15, 0.2) is 5.78 Å². The topological polar surface area (TPSA) is 110 Å². The van der Waals surface area contributed by atoms with Gasteiger partial charge in [-0.2, -0.15) is 0 Å². The zero-order valence-electron chi connectivity index (χ0n) is 19.4. The van der Waals surface area contributed by atoms with E-state index >= 15 is 4.39 Å². The standard InChI is InChI=1S/C26H29FN4O3/c1-26(2)12-20-22(21(33)13-26)17-4-3-9-29-25(17)31(20)15-10-18(27)23(24(28)34)19(11-15)30-14-5-7-16(32)8-6-14/h3-4,9-11,14,16,30,32H,5-8,12-13H2,1-2H3,(H2,28,34). The fraction of sp³-hybridized carbons (Fsp3) is 0.423. The van der Waals surface area contributed by atoms with Crippen molar-refractivity contribution in [3.05, 3.63) is 53.1 Å². The SMILES string of the molecule is CC1(C)CC(=O)c2c(n(-c3cc(F)c(C(N)=O)c(NC4CCC(O)CC4)c3)c3ncccc23)C1. The molecule has 2 aromatic heterocycles. The van der Waals surface area contributed by atoms with Gasteiger partial charge in [0, 0.05) is 35.3 Å². The molecule has 7 nitrogen and oxygen atoms in total. The summed E-state index contributed by atoms with van der Waals surface area (Å²) in [4.78, 5) is 29.8. The highest BCUT2D eigenvalue weighted by atomic mass is 19.1. The number of aromatic nitrogens is 2. The summed E-state index contributed by atoms with van der Waals surface area (Å²) in [6, 6.07) is 6.66. The van der Waals surface area contributed by atoms with E-state index < -0.39 is 11.7 Å². The van der Waals surface area contributed by atoms with Crippen LogP contribution in [0.3, 0.4) is 0 Å². The molecule has 0 radical (unpaired) electrons. The number of nitrogens with two attached hydrogens (primary N) is 1. The molecule has 0 atom stereocenters. The van der Waals surface area contributed by atoms with Crippen molar-refractivity contribution in [3.63, 3.8) is 0 Å². The van der Waals surface area contributed by atoms with E-state index in [9.17, 15) is 14.7 Å². The number of hydrogen-bond acceptors (Lipinski definition) is 5. The minimum atomic E-state index is -0.851. The zero-order chi connectivity index (χ0) is 24.2. The first-order chi connectivity index (χ1) is 16.1. The predicted octanol–water partition coefficient (Wildman–Crippen LogP) is 4.13. The number of benzene rings is 1. The second-order valence-electron chi connectivity index (χ2n) is 10.3. The molecule has 178 valence electrons. The Hall–Kier alpha value is -3.26. The molecular weight excluding hydrogens is 435 g/mol. The summed E-state index contributed by atoms with van der Waals surface area (Å²) in [7, 11) is 0. The van der Waals surface area contributed by atoms with Gasteiger partial charge in [0.05, 0.1) is 23.0 Å². The quantitative estimate of drug-likeness (QED) is 0.538. The average molecular weight is 465 g/mol. The number of amides is 1. The van der Waals surface area contributed by atoms with Gasteiger partial charge in [-0.15, -0.1) is 0 Å². The van der Waals surface area contributed by atoms with E-state index in [1.54, 1.807) is 18.3 Å². The van der Waals surface area contributed by atoms with Crippen molar-refractivity contribution in [2.75, 3.05) is 5.32 Å². The number of nitrogens with zero attached hydrogens (tertiary/aromatic N) is 2. The van der Waals surface area contributed by atoms with Crippen molar-refractivity contribution < 1.29 is 19.1 Å². The van der Waals surface area contributed by atoms with Gasteiger partial charge in [-0.3, -0.25) is 14.2 Å². The molecule has 2 aliphatic rings. The molecule has 5 rings (SSSR count). The molecule has 4 N–H and O–H groups in total. The number of carbonyl (C=O) groups excluding carboxylic acids is 2. The number of carbonyl (C=O) groups is 2. The van der Waals surface area contributed by atoms with Gasteiger partial charge in [-0.05, 0) is 61.8 Å². The lowest BCUT2D eigenvalue weighted by Crippen LogP contribution is -2.30. The molecule has 2 heterocycles. The van der Waals surface area contributed by atoms with Crippen LogP contribution in [-0.4, -0.2) is 38.5 Å². The second kappa shape index (κ2) is 8.20. The van der Waals surface area contributed by atoms with E-state index in [0.29, 0.717) is 61.1 Å². The summed E-state index contributed by atoms with van der Waals surface area (Å²) in [6.07, 6.45) is 5.08. The monoisotopic (exact) mass is 464 g/mol. The number of nitrogens with one attached hydrogen (secondary N) is 1. The molecule has 0 spiro atoms. The molecule has 0 unspecified atom stereocenters. The van der Waals surface area contributed by atoms with E-state index in [1.165, 1.54) is 6.07 Å². The molecule has 0 bridgehead atoms. The molecule has 0 saturated heterocycles. The summed E-state index contributed by atoms with van der Waals surface area (Å²) in [5.74, 6) is -1.52. The van der Waals surface area contributed by atoms with Gasteiger partial charge < -0.3 is 16.2 Å². The van der Waals surface area contributed by atoms with Crippen LogP contribution in [0, 0.1) is 11.2 Å². The van der Waals surface area contributed by atoms with E-state index in [-0.39, 0.29) is 28.9 Å². The molecule has 3 aromatic rings. The Balaban J connectivity index is 1.69. The Kier molecular flexibility index (Phi) is 5.43. The number of rotatable bonds is 4. The average Bonchev–Trinajstić information content (AvgIpc) is 3.07. The van der Waals surface area contributed by atoms with Crippen LogP contribution >= 0.6 is 0 Å². The number of hydrogen-bond donors (Lipinski definition) is 3. The minimum absolute atomic E-state index is 0.00916. The highest BCUT2D eigenvalue weighted by molar-refractivity contribution is 6.10. The van der Waals surface area contributed by atoms with E-state index in [1.807, 2.05) is 24.5 Å². The normalized spacial score (nSPS) is 21.9. The van der Waals surface area contributed by atoms with E-state index in [2.05, 4.69) is 10.3 Å². The first kappa shape index (κ1) is 22.5. The summed E-state index contributed by atoms with van der Waals surface area (Å²) >= 11 is 0. The highest BCUT2D eigenvalue weighted by Crippen LogP contribution is 2.41. The van der Waals surface area contributed by atoms with Gasteiger partial charge in [0.1, 0.15) is 11.5 Å². The van der Waals surface area contributed by atoms with E-state index in [0.717, 1.165) is 11.1 Å².